The lowest BCUT2D eigenvalue weighted by atomic mass is 9.97. The molecule has 0 bridgehead atoms. The Hall–Kier alpha value is -1.17. The normalized spacial score (nSPS) is 31.6. The summed E-state index contributed by atoms with van der Waals surface area (Å²) >= 11 is 0. The molecule has 1 rings (SSSR count). The molecule has 20 heavy (non-hydrogen) atoms. The summed E-state index contributed by atoms with van der Waals surface area (Å²) in [7, 11) is 0. The van der Waals surface area contributed by atoms with Crippen molar-refractivity contribution in [2.75, 3.05) is 0 Å². The van der Waals surface area contributed by atoms with Gasteiger partial charge in [-0.2, -0.15) is 0 Å². The molecule has 1 fully saturated rings. The molecular formula is C15H24O5. The van der Waals surface area contributed by atoms with Gasteiger partial charge in [-0.05, 0) is 31.6 Å². The van der Waals surface area contributed by atoms with Crippen molar-refractivity contribution in [3.8, 4) is 0 Å². The fraction of sp³-hybridized carbons (Fsp3) is 0.667. The lowest BCUT2D eigenvalue weighted by molar-refractivity contribution is -0.138. The van der Waals surface area contributed by atoms with Gasteiger partial charge >= 0.3 is 5.97 Å². The van der Waals surface area contributed by atoms with Crippen LogP contribution in [0.1, 0.15) is 38.5 Å². The minimum atomic E-state index is -1.22. The van der Waals surface area contributed by atoms with Gasteiger partial charge in [0.1, 0.15) is 0 Å². The van der Waals surface area contributed by atoms with Gasteiger partial charge in [0.15, 0.2) is 0 Å². The van der Waals surface area contributed by atoms with E-state index in [-0.39, 0.29) is 19.3 Å². The van der Waals surface area contributed by atoms with Crippen molar-refractivity contribution in [3.05, 3.63) is 24.8 Å². The molecule has 1 unspecified atom stereocenters. The lowest BCUT2D eigenvalue weighted by Gasteiger charge is -2.18. The zero-order valence-corrected chi connectivity index (χ0v) is 11.6. The number of carbonyl (C=O) groups is 1. The molecule has 0 heterocycles. The Morgan fingerprint density at radius 1 is 1.45 bits per heavy atom. The van der Waals surface area contributed by atoms with E-state index in [0.29, 0.717) is 6.42 Å². The first kappa shape index (κ1) is 16.9. The van der Waals surface area contributed by atoms with Gasteiger partial charge in [0, 0.05) is 6.42 Å². The van der Waals surface area contributed by atoms with Gasteiger partial charge in [-0.1, -0.05) is 18.2 Å². The molecule has 5 nitrogen and oxygen atoms in total. The number of allylic oxidation sites excluding steroid dienone is 1. The summed E-state index contributed by atoms with van der Waals surface area (Å²) in [6.45, 7) is 3.60. The van der Waals surface area contributed by atoms with Crippen molar-refractivity contribution in [1.82, 2.24) is 0 Å². The predicted octanol–water partition coefficient (Wildman–Crippen LogP) is 1.24. The number of hydrogen-bond acceptors (Lipinski definition) is 4. The van der Waals surface area contributed by atoms with Gasteiger partial charge in [-0.15, -0.1) is 6.58 Å². The van der Waals surface area contributed by atoms with E-state index >= 15 is 0 Å². The van der Waals surface area contributed by atoms with Gasteiger partial charge in [0.2, 0.25) is 0 Å². The van der Waals surface area contributed by atoms with Gasteiger partial charge in [-0.25, -0.2) is 0 Å². The van der Waals surface area contributed by atoms with Crippen molar-refractivity contribution in [2.45, 2.75) is 56.3 Å². The summed E-state index contributed by atoms with van der Waals surface area (Å²) in [6.07, 6.45) is 5.74. The van der Waals surface area contributed by atoms with Gasteiger partial charge in [-0.3, -0.25) is 4.79 Å². The average Bonchev–Trinajstić information content (AvgIpc) is 2.62. The molecule has 0 aromatic heterocycles. The van der Waals surface area contributed by atoms with Crippen LogP contribution in [0.2, 0.25) is 0 Å². The van der Waals surface area contributed by atoms with Crippen molar-refractivity contribution in [1.29, 1.82) is 0 Å². The Morgan fingerprint density at radius 2 is 2.15 bits per heavy atom. The van der Waals surface area contributed by atoms with Crippen LogP contribution in [0.4, 0.5) is 0 Å². The third-order valence-corrected chi connectivity index (χ3v) is 3.70. The quantitative estimate of drug-likeness (QED) is 0.397. The number of aliphatic hydroxyl groups is 3. The fourth-order valence-electron chi connectivity index (χ4n) is 2.63. The third kappa shape index (κ3) is 5.45. The first-order valence-electron chi connectivity index (χ1n) is 6.97. The lowest BCUT2D eigenvalue weighted by Crippen LogP contribution is -2.23. The first-order valence-corrected chi connectivity index (χ1v) is 6.97. The van der Waals surface area contributed by atoms with Gasteiger partial charge in [0.05, 0.1) is 24.2 Å². The molecule has 1 aliphatic rings. The molecule has 4 atom stereocenters. The fourth-order valence-corrected chi connectivity index (χ4v) is 2.63. The maximum Gasteiger partial charge on any atom is 0.303 e. The number of unbranched alkanes of at least 4 members (excludes halogenated alkanes) is 1. The topological polar surface area (TPSA) is 98.0 Å². The number of aliphatic carboxylic acids is 1. The van der Waals surface area contributed by atoms with E-state index in [1.807, 2.05) is 0 Å². The van der Waals surface area contributed by atoms with E-state index in [9.17, 15) is 20.1 Å². The molecule has 4 N–H and O–H groups in total. The molecule has 0 spiro atoms. The van der Waals surface area contributed by atoms with Crippen LogP contribution < -0.4 is 0 Å². The van der Waals surface area contributed by atoms with Crippen LogP contribution >= 0.6 is 0 Å². The van der Waals surface area contributed by atoms with Crippen LogP contribution in [0.5, 0.6) is 0 Å². The monoisotopic (exact) mass is 284 g/mol. The second kappa shape index (κ2) is 7.57. The van der Waals surface area contributed by atoms with E-state index in [0.717, 1.165) is 12.8 Å². The van der Waals surface area contributed by atoms with Gasteiger partial charge < -0.3 is 20.4 Å². The van der Waals surface area contributed by atoms with E-state index in [1.54, 1.807) is 6.08 Å². The molecule has 1 saturated carbocycles. The van der Waals surface area contributed by atoms with Crippen LogP contribution in [0, 0.1) is 5.92 Å². The minimum Gasteiger partial charge on any atom is -0.481 e. The summed E-state index contributed by atoms with van der Waals surface area (Å²) < 4.78 is 0. The Balaban J connectivity index is 2.49. The Bertz CT molecular complexity index is 365. The van der Waals surface area contributed by atoms with Crippen molar-refractivity contribution in [3.63, 3.8) is 0 Å². The van der Waals surface area contributed by atoms with Gasteiger partial charge in [0.25, 0.3) is 0 Å². The number of hydrogen-bond donors (Lipinski definition) is 4. The first-order chi connectivity index (χ1) is 9.36. The Labute approximate surface area is 119 Å². The molecule has 0 aromatic rings. The van der Waals surface area contributed by atoms with Crippen LogP contribution in [-0.2, 0) is 4.79 Å². The predicted molar refractivity (Wildman–Crippen MR) is 75.1 cm³/mol. The highest BCUT2D eigenvalue weighted by molar-refractivity contribution is 5.67. The van der Waals surface area contributed by atoms with E-state index in [1.165, 1.54) is 12.2 Å². The zero-order chi connectivity index (χ0) is 15.2. The number of carboxylic acids is 1. The SMILES string of the molecule is C=CCCCC(O)C=C[C@]1(O)C[C@@H](CC(=O)O)[C@@H](O)C1. The number of rotatable bonds is 8. The standard InChI is InChI=1S/C15H24O5/c1-2-3-4-5-12(16)6-7-15(20)9-11(8-14(18)19)13(17)10-15/h2,6-7,11-13,16-17,20H,1,3-5,8-10H2,(H,18,19)/t11-,12?,13+,15+/m1/s1. The van der Waals surface area contributed by atoms with E-state index < -0.39 is 29.7 Å². The smallest absolute Gasteiger partial charge is 0.303 e. The van der Waals surface area contributed by atoms with Crippen molar-refractivity contribution < 1.29 is 25.2 Å². The highest BCUT2D eigenvalue weighted by atomic mass is 16.4. The highest BCUT2D eigenvalue weighted by Gasteiger charge is 2.42. The summed E-state index contributed by atoms with van der Waals surface area (Å²) in [5, 5.41) is 38.6. The minimum absolute atomic E-state index is 0.112. The Kier molecular flexibility index (Phi) is 6.39. The molecule has 0 aliphatic heterocycles. The summed E-state index contributed by atoms with van der Waals surface area (Å²) in [6, 6.07) is 0. The zero-order valence-electron chi connectivity index (χ0n) is 11.6. The maximum absolute atomic E-state index is 10.7. The molecule has 114 valence electrons. The Morgan fingerprint density at radius 3 is 2.75 bits per heavy atom. The molecule has 0 aromatic carbocycles. The van der Waals surface area contributed by atoms with Crippen LogP contribution in [0.15, 0.2) is 24.8 Å². The van der Waals surface area contributed by atoms with E-state index in [2.05, 4.69) is 6.58 Å². The van der Waals surface area contributed by atoms with E-state index in [4.69, 9.17) is 5.11 Å². The maximum atomic E-state index is 10.7. The molecular weight excluding hydrogens is 260 g/mol. The van der Waals surface area contributed by atoms with Crippen molar-refractivity contribution >= 4 is 5.97 Å². The largest absolute Gasteiger partial charge is 0.481 e. The molecule has 0 saturated heterocycles. The third-order valence-electron chi connectivity index (χ3n) is 3.70. The summed E-state index contributed by atoms with van der Waals surface area (Å²) in [5.74, 6) is -1.42. The highest BCUT2D eigenvalue weighted by Crippen LogP contribution is 2.37. The summed E-state index contributed by atoms with van der Waals surface area (Å²) in [4.78, 5) is 10.7. The molecule has 1 aliphatic carbocycles. The molecule has 0 amide bonds. The van der Waals surface area contributed by atoms with Crippen LogP contribution in [-0.4, -0.2) is 44.2 Å². The summed E-state index contributed by atoms with van der Waals surface area (Å²) in [5.41, 5.74) is -1.22. The van der Waals surface area contributed by atoms with Crippen molar-refractivity contribution in [2.24, 2.45) is 5.92 Å². The van der Waals surface area contributed by atoms with Crippen LogP contribution in [0.3, 0.4) is 0 Å². The number of carboxylic acid groups (broad SMARTS) is 1. The van der Waals surface area contributed by atoms with Crippen LogP contribution in [0.25, 0.3) is 0 Å². The second-order valence-corrected chi connectivity index (χ2v) is 5.58. The average molecular weight is 284 g/mol. The molecule has 0 radical (unpaired) electrons. The molecule has 5 heteroatoms. The number of aliphatic hydroxyl groups excluding tert-OH is 2. The second-order valence-electron chi connectivity index (χ2n) is 5.58.